The number of rotatable bonds is 5. The van der Waals surface area contributed by atoms with Crippen LogP contribution in [0, 0.1) is 16.2 Å². The van der Waals surface area contributed by atoms with Crippen molar-refractivity contribution in [3.63, 3.8) is 0 Å². The van der Waals surface area contributed by atoms with Crippen molar-refractivity contribution >= 4 is 24.1 Å². The maximum Gasteiger partial charge on any atom is 0.313 e. The van der Waals surface area contributed by atoms with E-state index in [2.05, 4.69) is 30.8 Å². The van der Waals surface area contributed by atoms with Gasteiger partial charge in [0.25, 0.3) is 0 Å². The first-order valence-electron chi connectivity index (χ1n) is 9.65. The Morgan fingerprint density at radius 2 is 1.62 bits per heavy atom. The van der Waals surface area contributed by atoms with Crippen LogP contribution in [-0.4, -0.2) is 46.4 Å². The Kier molecular flexibility index (Phi) is 7.84. The fourth-order valence-electron chi connectivity index (χ4n) is 4.01. The van der Waals surface area contributed by atoms with Gasteiger partial charge in [0.1, 0.15) is 0 Å². The van der Waals surface area contributed by atoms with Crippen LogP contribution in [0.15, 0.2) is 22.1 Å². The van der Waals surface area contributed by atoms with Crippen LogP contribution in [-0.2, 0) is 19.2 Å². The van der Waals surface area contributed by atoms with Crippen LogP contribution in [0.3, 0.4) is 0 Å². The summed E-state index contributed by atoms with van der Waals surface area (Å²) in [7, 11) is 0. The van der Waals surface area contributed by atoms with Gasteiger partial charge in [0.05, 0.1) is 22.9 Å². The van der Waals surface area contributed by atoms with Gasteiger partial charge in [-0.25, -0.2) is 14.6 Å². The summed E-state index contributed by atoms with van der Waals surface area (Å²) in [6.07, 6.45) is 10.7. The van der Waals surface area contributed by atoms with Crippen LogP contribution in [0.5, 0.6) is 0 Å². The highest BCUT2D eigenvalue weighted by atomic mass is 16.4. The number of carbonyl (C=O) groups excluding carboxylic acids is 2. The van der Waals surface area contributed by atoms with Crippen LogP contribution < -0.4 is 0 Å². The second-order valence-corrected chi connectivity index (χ2v) is 9.07. The van der Waals surface area contributed by atoms with E-state index in [4.69, 9.17) is 5.11 Å². The Morgan fingerprint density at radius 1 is 1.00 bits per heavy atom. The van der Waals surface area contributed by atoms with Gasteiger partial charge in [-0.2, -0.15) is 4.99 Å². The number of nitrogens with zero attached hydrogens (tertiary/aromatic N) is 2. The molecule has 0 spiro atoms. The fourth-order valence-corrected chi connectivity index (χ4v) is 4.01. The normalized spacial score (nSPS) is 32.6. The lowest BCUT2D eigenvalue weighted by Crippen LogP contribution is -2.43. The monoisotopic (exact) mass is 406 g/mol. The van der Waals surface area contributed by atoms with E-state index in [9.17, 15) is 24.3 Å². The maximum absolute atomic E-state index is 11.3. The van der Waals surface area contributed by atoms with Gasteiger partial charge < -0.3 is 10.2 Å². The van der Waals surface area contributed by atoms with Crippen molar-refractivity contribution in [3.8, 4) is 0 Å². The molecule has 0 aliphatic heterocycles. The third-order valence-electron chi connectivity index (χ3n) is 6.55. The Bertz CT molecular complexity index is 763. The highest BCUT2D eigenvalue weighted by Crippen LogP contribution is 2.46. The van der Waals surface area contributed by atoms with E-state index in [0.29, 0.717) is 0 Å². The number of isocyanates is 2. The molecule has 3 atom stereocenters. The Hall–Kier alpha value is -2.56. The van der Waals surface area contributed by atoms with Gasteiger partial charge in [0.2, 0.25) is 12.2 Å². The number of aliphatic imine (C=N–C) groups is 2. The minimum atomic E-state index is -1.33. The molecule has 2 N–H and O–H groups in total. The van der Waals surface area contributed by atoms with Crippen LogP contribution in [0.4, 0.5) is 0 Å². The maximum atomic E-state index is 11.3. The first-order chi connectivity index (χ1) is 13.4. The largest absolute Gasteiger partial charge is 0.481 e. The van der Waals surface area contributed by atoms with Crippen LogP contribution in [0.1, 0.15) is 66.2 Å². The summed E-state index contributed by atoms with van der Waals surface area (Å²) in [5.41, 5.74) is -2.59. The van der Waals surface area contributed by atoms with Crippen molar-refractivity contribution in [3.05, 3.63) is 12.2 Å². The van der Waals surface area contributed by atoms with Crippen molar-refractivity contribution in [2.24, 2.45) is 26.2 Å². The number of hydrogen-bond acceptors (Lipinski definition) is 6. The second kappa shape index (κ2) is 9.29. The predicted octanol–water partition coefficient (Wildman–Crippen LogP) is 3.52. The van der Waals surface area contributed by atoms with E-state index in [-0.39, 0.29) is 30.3 Å². The highest BCUT2D eigenvalue weighted by Gasteiger charge is 2.48. The van der Waals surface area contributed by atoms with Gasteiger partial charge in [-0.1, -0.05) is 38.8 Å². The number of allylic oxidation sites excluding steroid dienone is 1. The van der Waals surface area contributed by atoms with Crippen molar-refractivity contribution in [1.29, 1.82) is 0 Å². The summed E-state index contributed by atoms with van der Waals surface area (Å²) in [4.78, 5) is 50.0. The number of carbonyl (C=O) groups is 2. The lowest BCUT2D eigenvalue weighted by atomic mass is 9.64. The molecule has 1 saturated carbocycles. The quantitative estimate of drug-likeness (QED) is 0.408. The zero-order valence-electron chi connectivity index (χ0n) is 17.5. The molecule has 3 unspecified atom stereocenters. The molecule has 0 heterocycles. The summed E-state index contributed by atoms with van der Waals surface area (Å²) in [6, 6.07) is 0. The standard InChI is InChI=1S/C11H13NO5.C10H17NO/c1-10(8(14)15)3-2-4-11(5-10,9(16)17)6-12-7-13;1-9(2)6-4-5-7-10(9,3)11-8-12/h2-3H,4-6H2,1H3,(H,14,15)(H,16,17);4-7H2,1-3H3. The molecule has 0 aromatic carbocycles. The first-order valence-corrected chi connectivity index (χ1v) is 9.65. The van der Waals surface area contributed by atoms with Gasteiger partial charge in [0.15, 0.2) is 0 Å². The van der Waals surface area contributed by atoms with E-state index in [1.54, 1.807) is 6.08 Å². The van der Waals surface area contributed by atoms with Crippen LogP contribution in [0.2, 0.25) is 0 Å². The van der Waals surface area contributed by atoms with E-state index in [0.717, 1.165) is 12.8 Å². The summed E-state index contributed by atoms with van der Waals surface area (Å²) in [5.74, 6) is -2.23. The van der Waals surface area contributed by atoms with Gasteiger partial charge in [-0.05, 0) is 44.9 Å². The SMILES string of the molecule is CC1(C(=O)O)C=CCC(CN=C=O)(C(=O)O)C1.CC1(C)CCCCC1(C)N=C=O. The van der Waals surface area contributed by atoms with Crippen LogP contribution in [0.25, 0.3) is 0 Å². The van der Waals surface area contributed by atoms with Crippen molar-refractivity contribution in [1.82, 2.24) is 0 Å². The topological polar surface area (TPSA) is 133 Å². The highest BCUT2D eigenvalue weighted by molar-refractivity contribution is 5.81. The van der Waals surface area contributed by atoms with Gasteiger partial charge in [-0.15, -0.1) is 0 Å². The van der Waals surface area contributed by atoms with E-state index < -0.39 is 22.8 Å². The summed E-state index contributed by atoms with van der Waals surface area (Å²) < 4.78 is 0. The summed E-state index contributed by atoms with van der Waals surface area (Å²) in [6.45, 7) is 7.64. The Labute approximate surface area is 170 Å². The van der Waals surface area contributed by atoms with Gasteiger partial charge in [-0.3, -0.25) is 9.59 Å². The molecule has 0 saturated heterocycles. The summed E-state index contributed by atoms with van der Waals surface area (Å²) in [5, 5.41) is 18.3. The minimum absolute atomic E-state index is 0.0909. The predicted molar refractivity (Wildman–Crippen MR) is 106 cm³/mol. The average molecular weight is 406 g/mol. The number of hydrogen-bond donors (Lipinski definition) is 2. The smallest absolute Gasteiger partial charge is 0.313 e. The molecule has 8 heteroatoms. The number of aliphatic carboxylic acids is 2. The molecule has 160 valence electrons. The molecule has 29 heavy (non-hydrogen) atoms. The molecule has 1 fully saturated rings. The summed E-state index contributed by atoms with van der Waals surface area (Å²) >= 11 is 0. The molecule has 2 aliphatic carbocycles. The molecule has 8 nitrogen and oxygen atoms in total. The van der Waals surface area contributed by atoms with E-state index in [1.807, 2.05) is 0 Å². The lowest BCUT2D eigenvalue weighted by molar-refractivity contribution is -0.155. The van der Waals surface area contributed by atoms with E-state index in [1.165, 1.54) is 38.0 Å². The molecule has 0 radical (unpaired) electrons. The zero-order valence-corrected chi connectivity index (χ0v) is 17.5. The minimum Gasteiger partial charge on any atom is -0.481 e. The molecule has 0 aromatic rings. The fraction of sp³-hybridized carbons (Fsp3) is 0.714. The molecule has 0 aromatic heterocycles. The average Bonchev–Trinajstić information content (AvgIpc) is 2.63. The molecular formula is C21H30N2O6. The van der Waals surface area contributed by atoms with Crippen molar-refractivity contribution in [2.45, 2.75) is 71.8 Å². The molecule has 2 rings (SSSR count). The molecule has 0 amide bonds. The zero-order chi connectivity index (χ0) is 22.3. The Balaban J connectivity index is 0.000000308. The third kappa shape index (κ3) is 5.49. The third-order valence-corrected chi connectivity index (χ3v) is 6.55. The van der Waals surface area contributed by atoms with Crippen LogP contribution >= 0.6 is 0 Å². The molecule has 0 bridgehead atoms. The Morgan fingerprint density at radius 3 is 2.10 bits per heavy atom. The first kappa shape index (κ1) is 24.5. The number of carboxylic acid groups (broad SMARTS) is 2. The second-order valence-electron chi connectivity index (χ2n) is 9.07. The van der Waals surface area contributed by atoms with Gasteiger partial charge in [0, 0.05) is 0 Å². The lowest BCUT2D eigenvalue weighted by Gasteiger charge is -2.44. The van der Waals surface area contributed by atoms with E-state index >= 15 is 0 Å². The molecule has 2 aliphatic rings. The van der Waals surface area contributed by atoms with Crippen molar-refractivity contribution in [2.75, 3.05) is 6.54 Å². The van der Waals surface area contributed by atoms with Gasteiger partial charge >= 0.3 is 11.9 Å². The molecular weight excluding hydrogens is 376 g/mol. The number of carboxylic acids is 2. The van der Waals surface area contributed by atoms with Crippen molar-refractivity contribution < 1.29 is 29.4 Å².